The number of carboxylic acid groups (broad SMARTS) is 1. The quantitative estimate of drug-likeness (QED) is 0.836. The smallest absolute Gasteiger partial charge is 0.339 e. The number of rotatable bonds is 3. The maximum Gasteiger partial charge on any atom is 0.339 e. The number of aromatic carboxylic acids is 1. The van der Waals surface area contributed by atoms with Crippen LogP contribution in [-0.2, 0) is 0 Å². The molecule has 20 heavy (non-hydrogen) atoms. The van der Waals surface area contributed by atoms with Gasteiger partial charge in [0, 0.05) is 12.3 Å². The summed E-state index contributed by atoms with van der Waals surface area (Å²) < 4.78 is 26.4. The Morgan fingerprint density at radius 1 is 1.30 bits per heavy atom. The molecule has 0 unspecified atom stereocenters. The first kappa shape index (κ1) is 14.5. The number of carbonyl (C=O) groups is 1. The van der Waals surface area contributed by atoms with Crippen LogP contribution in [0.25, 0.3) is 0 Å². The molecule has 0 amide bonds. The molecule has 2 aromatic rings. The Morgan fingerprint density at radius 3 is 2.60 bits per heavy atom. The van der Waals surface area contributed by atoms with E-state index in [0.29, 0.717) is 6.07 Å². The highest BCUT2D eigenvalue weighted by Crippen LogP contribution is 2.34. The van der Waals surface area contributed by atoms with Crippen LogP contribution in [0.5, 0.6) is 0 Å². The summed E-state index contributed by atoms with van der Waals surface area (Å²) in [4.78, 5) is 14.7. The lowest BCUT2D eigenvalue weighted by Gasteiger charge is -2.12. The Balaban J connectivity index is 2.52. The first-order chi connectivity index (χ1) is 9.40. The van der Waals surface area contributed by atoms with E-state index < -0.39 is 17.6 Å². The summed E-state index contributed by atoms with van der Waals surface area (Å²) in [6.45, 7) is 0. The fourth-order valence-corrected chi connectivity index (χ4v) is 1.81. The third-order valence-corrected chi connectivity index (χ3v) is 3.15. The minimum atomic E-state index is -1.32. The van der Waals surface area contributed by atoms with Crippen LogP contribution in [0.1, 0.15) is 10.4 Å². The molecule has 0 fully saturated rings. The van der Waals surface area contributed by atoms with Gasteiger partial charge in [0.2, 0.25) is 0 Å². The predicted octanol–water partition coefficient (Wildman–Crippen LogP) is 4.11. The first-order valence-corrected chi connectivity index (χ1v) is 5.95. The molecule has 0 atom stereocenters. The van der Waals surface area contributed by atoms with Gasteiger partial charge in [-0.1, -0.05) is 23.2 Å². The SMILES string of the molecule is O=C(O)c1cnc(Cl)c(Cl)c1Nc1ccc(F)cc1F. The number of benzene rings is 1. The second-order valence-corrected chi connectivity index (χ2v) is 4.44. The van der Waals surface area contributed by atoms with E-state index in [4.69, 9.17) is 28.3 Å². The van der Waals surface area contributed by atoms with Crippen LogP contribution in [0.15, 0.2) is 24.4 Å². The van der Waals surface area contributed by atoms with E-state index in [1.54, 1.807) is 0 Å². The van der Waals surface area contributed by atoms with Crippen molar-refractivity contribution < 1.29 is 18.7 Å². The summed E-state index contributed by atoms with van der Waals surface area (Å²) >= 11 is 11.6. The van der Waals surface area contributed by atoms with Crippen molar-refractivity contribution in [2.75, 3.05) is 5.32 Å². The highest BCUT2D eigenvalue weighted by Gasteiger charge is 2.18. The van der Waals surface area contributed by atoms with E-state index in [2.05, 4.69) is 10.3 Å². The van der Waals surface area contributed by atoms with Crippen molar-refractivity contribution in [2.24, 2.45) is 0 Å². The van der Waals surface area contributed by atoms with E-state index in [1.165, 1.54) is 0 Å². The number of hydrogen-bond donors (Lipinski definition) is 2. The van der Waals surface area contributed by atoms with Crippen LogP contribution in [0.4, 0.5) is 20.2 Å². The largest absolute Gasteiger partial charge is 0.478 e. The van der Waals surface area contributed by atoms with Crippen LogP contribution in [-0.4, -0.2) is 16.1 Å². The van der Waals surface area contributed by atoms with E-state index in [-0.39, 0.29) is 27.1 Å². The van der Waals surface area contributed by atoms with Crippen LogP contribution in [0.2, 0.25) is 10.2 Å². The van der Waals surface area contributed by atoms with E-state index in [1.807, 2.05) is 0 Å². The van der Waals surface area contributed by atoms with Crippen molar-refractivity contribution in [1.29, 1.82) is 0 Å². The van der Waals surface area contributed by atoms with Gasteiger partial charge in [0.05, 0.1) is 11.4 Å². The summed E-state index contributed by atoms with van der Waals surface area (Å²) in [5.74, 6) is -2.98. The Hall–Kier alpha value is -1.92. The molecule has 0 aliphatic heterocycles. The Bertz CT molecular complexity index is 695. The molecule has 2 rings (SSSR count). The number of nitrogens with one attached hydrogen (secondary N) is 1. The minimum absolute atomic E-state index is 0.121. The second-order valence-electron chi connectivity index (χ2n) is 3.71. The molecule has 0 saturated carbocycles. The molecule has 104 valence electrons. The third kappa shape index (κ3) is 2.81. The lowest BCUT2D eigenvalue weighted by atomic mass is 10.2. The van der Waals surface area contributed by atoms with E-state index in [0.717, 1.165) is 18.3 Å². The standard InChI is InChI=1S/C12H6Cl2F2N2O2/c13-9-10(6(12(19)20)4-17-11(9)14)18-8-2-1-5(15)3-7(8)16/h1-4H,(H,17,18)(H,19,20). The van der Waals surface area contributed by atoms with Gasteiger partial charge in [-0.05, 0) is 12.1 Å². The van der Waals surface area contributed by atoms with Gasteiger partial charge in [-0.2, -0.15) is 0 Å². The number of anilines is 2. The number of aromatic nitrogens is 1. The first-order valence-electron chi connectivity index (χ1n) is 5.19. The lowest BCUT2D eigenvalue weighted by Crippen LogP contribution is -2.06. The molecule has 2 N–H and O–H groups in total. The van der Waals surface area contributed by atoms with Gasteiger partial charge in [0.1, 0.15) is 27.4 Å². The fourth-order valence-electron chi connectivity index (χ4n) is 1.47. The molecule has 1 aromatic heterocycles. The molecular weight excluding hydrogens is 313 g/mol. The third-order valence-electron chi connectivity index (χ3n) is 2.40. The monoisotopic (exact) mass is 318 g/mol. The summed E-state index contributed by atoms with van der Waals surface area (Å²) in [6, 6.07) is 2.78. The van der Waals surface area contributed by atoms with Gasteiger partial charge in [-0.15, -0.1) is 0 Å². The van der Waals surface area contributed by atoms with Gasteiger partial charge in [0.15, 0.2) is 0 Å². The van der Waals surface area contributed by atoms with Gasteiger partial charge in [-0.3, -0.25) is 0 Å². The topological polar surface area (TPSA) is 62.2 Å². The molecule has 0 aliphatic rings. The fraction of sp³-hybridized carbons (Fsp3) is 0. The normalized spacial score (nSPS) is 10.4. The minimum Gasteiger partial charge on any atom is -0.478 e. The Labute approximate surface area is 122 Å². The van der Waals surface area contributed by atoms with Crippen molar-refractivity contribution in [2.45, 2.75) is 0 Å². The Kier molecular flexibility index (Phi) is 4.06. The van der Waals surface area contributed by atoms with Crippen molar-refractivity contribution in [3.63, 3.8) is 0 Å². The second kappa shape index (κ2) is 5.60. The molecular formula is C12H6Cl2F2N2O2. The summed E-state index contributed by atoms with van der Waals surface area (Å²) in [5, 5.41) is 11.2. The summed E-state index contributed by atoms with van der Waals surface area (Å²) in [7, 11) is 0. The van der Waals surface area contributed by atoms with Crippen molar-refractivity contribution in [3.8, 4) is 0 Å². The van der Waals surface area contributed by atoms with E-state index in [9.17, 15) is 13.6 Å². The molecule has 0 bridgehead atoms. The zero-order chi connectivity index (χ0) is 14.9. The average Bonchev–Trinajstić information content (AvgIpc) is 2.37. The molecule has 0 spiro atoms. The van der Waals surface area contributed by atoms with Gasteiger partial charge in [0.25, 0.3) is 0 Å². The summed E-state index contributed by atoms with van der Waals surface area (Å²) in [6.07, 6.45) is 0.986. The van der Waals surface area contributed by atoms with Gasteiger partial charge < -0.3 is 10.4 Å². The van der Waals surface area contributed by atoms with Crippen LogP contribution >= 0.6 is 23.2 Å². The van der Waals surface area contributed by atoms with Crippen molar-refractivity contribution in [1.82, 2.24) is 4.98 Å². The highest BCUT2D eigenvalue weighted by atomic mass is 35.5. The van der Waals surface area contributed by atoms with Crippen LogP contribution in [0, 0.1) is 11.6 Å². The number of pyridine rings is 1. The lowest BCUT2D eigenvalue weighted by molar-refractivity contribution is 0.0697. The zero-order valence-electron chi connectivity index (χ0n) is 9.62. The molecule has 1 heterocycles. The molecule has 8 heteroatoms. The molecule has 0 saturated heterocycles. The van der Waals surface area contributed by atoms with Crippen LogP contribution in [0.3, 0.4) is 0 Å². The number of halogens is 4. The summed E-state index contributed by atoms with van der Waals surface area (Å²) in [5.41, 5.74) is -0.550. The highest BCUT2D eigenvalue weighted by molar-refractivity contribution is 6.43. The zero-order valence-corrected chi connectivity index (χ0v) is 11.1. The molecule has 1 aromatic carbocycles. The number of hydrogen-bond acceptors (Lipinski definition) is 3. The average molecular weight is 319 g/mol. The van der Waals surface area contributed by atoms with E-state index >= 15 is 0 Å². The van der Waals surface area contributed by atoms with Crippen molar-refractivity contribution >= 4 is 40.5 Å². The molecule has 4 nitrogen and oxygen atoms in total. The maximum atomic E-state index is 13.6. The number of nitrogens with zero attached hydrogens (tertiary/aromatic N) is 1. The van der Waals surface area contributed by atoms with Crippen LogP contribution < -0.4 is 5.32 Å². The molecule has 0 radical (unpaired) electrons. The Morgan fingerprint density at radius 2 is 2.00 bits per heavy atom. The predicted molar refractivity (Wildman–Crippen MR) is 70.9 cm³/mol. The molecule has 0 aliphatic carbocycles. The van der Waals surface area contributed by atoms with Crippen molar-refractivity contribution in [3.05, 3.63) is 51.8 Å². The maximum absolute atomic E-state index is 13.6. The number of carboxylic acids is 1. The van der Waals surface area contributed by atoms with Gasteiger partial charge in [-0.25, -0.2) is 18.6 Å². The van der Waals surface area contributed by atoms with Gasteiger partial charge >= 0.3 is 5.97 Å².